The van der Waals surface area contributed by atoms with Crippen LogP contribution in [0.4, 0.5) is 24.8 Å². The summed E-state index contributed by atoms with van der Waals surface area (Å²) < 4.78 is 48.2. The Morgan fingerprint density at radius 1 is 1.23 bits per heavy atom. The highest BCUT2D eigenvalue weighted by Crippen LogP contribution is 2.41. The van der Waals surface area contributed by atoms with Gasteiger partial charge < -0.3 is 20.1 Å². The Kier molecular flexibility index (Phi) is 5.88. The SMILES string of the molecule is Cc1cc([C@@H](C)Nc2ccc(Cl)nc2C(=O)O)c2nc(N3CCC4(COC4)C3)n3cc(C(F)(F)F)nc3c2c1. The lowest BCUT2D eigenvalue weighted by Gasteiger charge is -2.37. The molecule has 9 nitrogen and oxygen atoms in total. The average Bonchev–Trinajstić information content (AvgIpc) is 3.50. The van der Waals surface area contributed by atoms with Crippen LogP contribution in [-0.2, 0) is 10.9 Å². The summed E-state index contributed by atoms with van der Waals surface area (Å²) in [6.07, 6.45) is -2.77. The number of hydrogen-bond donors (Lipinski definition) is 2. The summed E-state index contributed by atoms with van der Waals surface area (Å²) in [5.74, 6) is -0.871. The normalized spacial score (nSPS) is 17.6. The second-order valence-corrected chi connectivity index (χ2v) is 10.7. The number of aromatic carboxylic acids is 1. The summed E-state index contributed by atoms with van der Waals surface area (Å²) in [6.45, 7) is 6.14. The maximum atomic E-state index is 13.8. The highest BCUT2D eigenvalue weighted by atomic mass is 35.5. The van der Waals surface area contributed by atoms with Crippen molar-refractivity contribution in [1.82, 2.24) is 19.4 Å². The third-order valence-electron chi connectivity index (χ3n) is 7.39. The molecule has 1 atom stereocenters. The van der Waals surface area contributed by atoms with E-state index >= 15 is 0 Å². The fourth-order valence-corrected chi connectivity index (χ4v) is 5.57. The fourth-order valence-electron chi connectivity index (χ4n) is 5.43. The van der Waals surface area contributed by atoms with Gasteiger partial charge in [-0.15, -0.1) is 0 Å². The Morgan fingerprint density at radius 3 is 2.64 bits per heavy atom. The number of aryl methyl sites for hydroxylation is 1. The van der Waals surface area contributed by atoms with Gasteiger partial charge in [0.05, 0.1) is 30.5 Å². The van der Waals surface area contributed by atoms with Gasteiger partial charge in [0.15, 0.2) is 11.4 Å². The van der Waals surface area contributed by atoms with Gasteiger partial charge in [-0.1, -0.05) is 17.7 Å². The Balaban J connectivity index is 1.52. The van der Waals surface area contributed by atoms with Gasteiger partial charge in [0.2, 0.25) is 5.95 Å². The number of aromatic nitrogens is 4. The zero-order chi connectivity index (χ0) is 27.7. The topological polar surface area (TPSA) is 105 Å². The standard InChI is InChI=1S/C26H24ClF3N6O3/c1-13-7-15(14(2)31-17-3-4-19(27)33-21(17)23(37)38)20-16(8-13)22-32-18(26(28,29)30)9-36(22)24(34-20)35-6-5-25(10-35)11-39-12-25/h3-4,7-9,14,31H,5-6,10-12H2,1-2H3,(H,37,38)/t14-/m1/s1. The largest absolute Gasteiger partial charge is 0.476 e. The van der Waals surface area contributed by atoms with E-state index in [9.17, 15) is 23.1 Å². The van der Waals surface area contributed by atoms with Crippen molar-refractivity contribution in [2.75, 3.05) is 36.5 Å². The summed E-state index contributed by atoms with van der Waals surface area (Å²) in [4.78, 5) is 26.6. The maximum Gasteiger partial charge on any atom is 0.434 e. The van der Waals surface area contributed by atoms with Gasteiger partial charge >= 0.3 is 12.1 Å². The second kappa shape index (κ2) is 8.95. The lowest BCUT2D eigenvalue weighted by atomic mass is 9.85. The zero-order valence-corrected chi connectivity index (χ0v) is 21.8. The summed E-state index contributed by atoms with van der Waals surface area (Å²) in [6, 6.07) is 6.17. The Labute approximate surface area is 225 Å². The molecule has 0 aliphatic carbocycles. The van der Waals surface area contributed by atoms with E-state index in [-0.39, 0.29) is 27.6 Å². The maximum absolute atomic E-state index is 13.8. The molecule has 1 aromatic carbocycles. The molecule has 0 saturated carbocycles. The van der Waals surface area contributed by atoms with E-state index in [4.69, 9.17) is 21.3 Å². The molecule has 1 spiro atoms. The number of alkyl halides is 3. The van der Waals surface area contributed by atoms with Crippen LogP contribution in [0.2, 0.25) is 5.15 Å². The quantitative estimate of drug-likeness (QED) is 0.315. The molecule has 2 aliphatic heterocycles. The van der Waals surface area contributed by atoms with Crippen LogP contribution in [0.15, 0.2) is 30.5 Å². The highest BCUT2D eigenvalue weighted by molar-refractivity contribution is 6.29. The van der Waals surface area contributed by atoms with Gasteiger partial charge in [0, 0.05) is 35.7 Å². The minimum atomic E-state index is -4.63. The van der Waals surface area contributed by atoms with Crippen molar-refractivity contribution in [3.63, 3.8) is 0 Å². The second-order valence-electron chi connectivity index (χ2n) is 10.3. The number of halogens is 4. The van der Waals surface area contributed by atoms with Gasteiger partial charge in [0.25, 0.3) is 0 Å². The number of carboxylic acid groups (broad SMARTS) is 1. The molecule has 13 heteroatoms. The van der Waals surface area contributed by atoms with Gasteiger partial charge in [-0.3, -0.25) is 4.40 Å². The molecule has 2 fully saturated rings. The number of anilines is 2. The fraction of sp³-hybridized carbons (Fsp3) is 0.385. The number of ether oxygens (including phenoxy) is 1. The molecule has 0 unspecified atom stereocenters. The Bertz CT molecular complexity index is 1640. The molecule has 2 saturated heterocycles. The summed E-state index contributed by atoms with van der Waals surface area (Å²) in [5.41, 5.74) is 1.10. The predicted molar refractivity (Wildman–Crippen MR) is 139 cm³/mol. The molecule has 3 aromatic heterocycles. The van der Waals surface area contributed by atoms with Crippen LogP contribution in [0.3, 0.4) is 0 Å². The number of carboxylic acids is 1. The Hall–Kier alpha value is -3.64. The minimum absolute atomic E-state index is 0.0177. The molecule has 5 heterocycles. The van der Waals surface area contributed by atoms with Crippen LogP contribution in [0.25, 0.3) is 16.6 Å². The number of rotatable bonds is 5. The van der Waals surface area contributed by atoms with Crippen molar-refractivity contribution >= 4 is 45.8 Å². The van der Waals surface area contributed by atoms with Crippen molar-refractivity contribution < 1.29 is 27.8 Å². The van der Waals surface area contributed by atoms with Crippen molar-refractivity contribution in [2.24, 2.45) is 5.41 Å². The smallest absolute Gasteiger partial charge is 0.434 e. The first-order valence-electron chi connectivity index (χ1n) is 12.3. The lowest BCUT2D eigenvalue weighted by Crippen LogP contribution is -2.44. The lowest BCUT2D eigenvalue weighted by molar-refractivity contribution is -0.140. The van der Waals surface area contributed by atoms with Crippen molar-refractivity contribution in [3.8, 4) is 0 Å². The molecular weight excluding hydrogens is 537 g/mol. The molecule has 4 aromatic rings. The molecule has 0 radical (unpaired) electrons. The van der Waals surface area contributed by atoms with Crippen molar-refractivity contribution in [3.05, 3.63) is 58.1 Å². The minimum Gasteiger partial charge on any atom is -0.476 e. The number of nitrogens with one attached hydrogen (secondary N) is 1. The molecule has 2 N–H and O–H groups in total. The highest BCUT2D eigenvalue weighted by Gasteiger charge is 2.45. The van der Waals surface area contributed by atoms with E-state index in [1.807, 2.05) is 24.8 Å². The molecule has 0 bridgehead atoms. The van der Waals surface area contributed by atoms with E-state index in [0.29, 0.717) is 48.7 Å². The number of nitrogens with zero attached hydrogens (tertiary/aromatic N) is 5. The first-order chi connectivity index (χ1) is 18.4. The summed E-state index contributed by atoms with van der Waals surface area (Å²) in [7, 11) is 0. The molecular formula is C26H24ClF3N6O3. The van der Waals surface area contributed by atoms with E-state index in [1.165, 1.54) is 16.5 Å². The molecule has 39 heavy (non-hydrogen) atoms. The summed E-state index contributed by atoms with van der Waals surface area (Å²) >= 11 is 5.90. The van der Waals surface area contributed by atoms with Gasteiger partial charge in [-0.05, 0) is 44.0 Å². The van der Waals surface area contributed by atoms with Crippen molar-refractivity contribution in [1.29, 1.82) is 0 Å². The monoisotopic (exact) mass is 560 g/mol. The zero-order valence-electron chi connectivity index (χ0n) is 21.0. The van der Waals surface area contributed by atoms with Crippen LogP contribution in [0.1, 0.15) is 46.7 Å². The molecule has 0 amide bonds. The van der Waals surface area contributed by atoms with E-state index in [1.54, 1.807) is 6.07 Å². The van der Waals surface area contributed by atoms with E-state index < -0.39 is 23.9 Å². The third kappa shape index (κ3) is 4.41. The van der Waals surface area contributed by atoms with Gasteiger partial charge in [-0.25, -0.2) is 19.7 Å². The van der Waals surface area contributed by atoms with Crippen molar-refractivity contribution in [2.45, 2.75) is 32.5 Å². The first kappa shape index (κ1) is 25.6. The van der Waals surface area contributed by atoms with Gasteiger partial charge in [0.1, 0.15) is 10.8 Å². The Morgan fingerprint density at radius 2 is 2.00 bits per heavy atom. The molecule has 6 rings (SSSR count). The number of carbonyl (C=O) groups is 1. The number of imidazole rings is 1. The number of benzene rings is 1. The van der Waals surface area contributed by atoms with Crippen LogP contribution in [0, 0.1) is 12.3 Å². The molecule has 2 aliphatic rings. The van der Waals surface area contributed by atoms with Gasteiger partial charge in [-0.2, -0.15) is 13.2 Å². The number of hydrogen-bond acceptors (Lipinski definition) is 7. The van der Waals surface area contributed by atoms with Crippen LogP contribution >= 0.6 is 11.6 Å². The number of pyridine rings is 1. The third-order valence-corrected chi connectivity index (χ3v) is 7.60. The summed E-state index contributed by atoms with van der Waals surface area (Å²) in [5, 5.41) is 13.3. The average molecular weight is 561 g/mol. The predicted octanol–water partition coefficient (Wildman–Crippen LogP) is 5.36. The van der Waals surface area contributed by atoms with Crippen LogP contribution in [-0.4, -0.2) is 56.7 Å². The van der Waals surface area contributed by atoms with E-state index in [2.05, 4.69) is 15.3 Å². The molecule has 204 valence electrons. The number of fused-ring (bicyclic) bond motifs is 3. The van der Waals surface area contributed by atoms with Crippen LogP contribution < -0.4 is 10.2 Å². The first-order valence-corrected chi connectivity index (χ1v) is 12.7. The van der Waals surface area contributed by atoms with E-state index in [0.717, 1.165) is 18.2 Å². The van der Waals surface area contributed by atoms with Crippen LogP contribution in [0.5, 0.6) is 0 Å².